The number of ether oxygens (including phenoxy) is 1. The summed E-state index contributed by atoms with van der Waals surface area (Å²) in [5.41, 5.74) is 0.964. The van der Waals surface area contributed by atoms with Crippen molar-refractivity contribution in [3.8, 4) is 0 Å². The third kappa shape index (κ3) is 6.64. The molecule has 2 N–H and O–H groups in total. The van der Waals surface area contributed by atoms with Gasteiger partial charge in [0, 0.05) is 12.6 Å². The molecule has 1 aliphatic heterocycles. The van der Waals surface area contributed by atoms with Crippen LogP contribution in [0.2, 0.25) is 0 Å². The molecule has 208 valence electrons. The number of benzene rings is 2. The summed E-state index contributed by atoms with van der Waals surface area (Å²) in [7, 11) is 0. The van der Waals surface area contributed by atoms with Crippen molar-refractivity contribution in [3.05, 3.63) is 71.3 Å². The Morgan fingerprint density at radius 3 is 2.41 bits per heavy atom. The van der Waals surface area contributed by atoms with Crippen molar-refractivity contribution < 1.29 is 27.9 Å². The highest BCUT2D eigenvalue weighted by atomic mass is 19.1. The maximum atomic E-state index is 14.1. The van der Waals surface area contributed by atoms with Crippen molar-refractivity contribution in [1.29, 1.82) is 0 Å². The van der Waals surface area contributed by atoms with Gasteiger partial charge in [-0.2, -0.15) is 0 Å². The van der Waals surface area contributed by atoms with E-state index in [-0.39, 0.29) is 30.0 Å². The number of hydrogen-bond acceptors (Lipinski definition) is 4. The van der Waals surface area contributed by atoms with Gasteiger partial charge < -0.3 is 20.3 Å². The molecule has 5 atom stereocenters. The molecule has 2 aliphatic carbocycles. The fourth-order valence-electron chi connectivity index (χ4n) is 5.72. The average molecular weight is 540 g/mol. The third-order valence-electron chi connectivity index (χ3n) is 7.88. The number of carbonyl (C=O) groups excluding carboxylic acids is 3. The first kappa shape index (κ1) is 27.2. The Labute approximate surface area is 227 Å². The first-order valence-electron chi connectivity index (χ1n) is 13.8. The Kier molecular flexibility index (Phi) is 8.26. The summed E-state index contributed by atoms with van der Waals surface area (Å²) >= 11 is 0. The Hall–Kier alpha value is -3.33. The lowest BCUT2D eigenvalue weighted by molar-refractivity contribution is -0.139. The van der Waals surface area contributed by atoms with E-state index in [1.54, 1.807) is 0 Å². The second-order valence-corrected chi connectivity index (χ2v) is 11.0. The van der Waals surface area contributed by atoms with Crippen LogP contribution in [0.25, 0.3) is 0 Å². The smallest absolute Gasteiger partial charge is 0.248 e. The molecule has 3 aliphatic rings. The van der Waals surface area contributed by atoms with Gasteiger partial charge in [0.05, 0.1) is 18.6 Å². The van der Waals surface area contributed by atoms with Crippen LogP contribution in [-0.2, 0) is 25.5 Å². The summed E-state index contributed by atoms with van der Waals surface area (Å²) in [6.45, 7) is 2.18. The predicted octanol–water partition coefficient (Wildman–Crippen LogP) is 3.82. The Morgan fingerprint density at radius 2 is 1.72 bits per heavy atom. The van der Waals surface area contributed by atoms with E-state index < -0.39 is 41.6 Å². The minimum atomic E-state index is -0.984. The molecule has 7 nitrogen and oxygen atoms in total. The van der Waals surface area contributed by atoms with E-state index >= 15 is 0 Å². The van der Waals surface area contributed by atoms with Crippen molar-refractivity contribution in [2.75, 3.05) is 6.54 Å². The summed E-state index contributed by atoms with van der Waals surface area (Å²) in [6.07, 6.45) is 4.91. The highest BCUT2D eigenvalue weighted by molar-refractivity contribution is 5.93. The summed E-state index contributed by atoms with van der Waals surface area (Å²) in [4.78, 5) is 41.9. The van der Waals surface area contributed by atoms with Crippen LogP contribution in [0.15, 0.2) is 48.5 Å². The SMILES string of the molecule is C[C@H](NC(=O)Cc1cc(F)cc(F)c1)C(=O)N[C@H]1C(=O)N(CC2CC2)[C@H]2CCCC[C@@H]2O[C@@H]1c1ccccc1. The van der Waals surface area contributed by atoms with Crippen LogP contribution in [0.4, 0.5) is 8.78 Å². The number of nitrogens with zero attached hydrogens (tertiary/aromatic N) is 1. The molecule has 3 amide bonds. The summed E-state index contributed by atoms with van der Waals surface area (Å²) in [6, 6.07) is 10.4. The lowest BCUT2D eigenvalue weighted by Crippen LogP contribution is -2.56. The van der Waals surface area contributed by atoms with E-state index in [9.17, 15) is 23.2 Å². The van der Waals surface area contributed by atoms with E-state index in [0.717, 1.165) is 62.3 Å². The van der Waals surface area contributed by atoms with Crippen LogP contribution in [0, 0.1) is 17.6 Å². The number of hydrogen-bond donors (Lipinski definition) is 2. The highest BCUT2D eigenvalue weighted by Gasteiger charge is 2.47. The maximum absolute atomic E-state index is 14.1. The zero-order chi connectivity index (χ0) is 27.5. The molecular formula is C30H35F2N3O4. The summed E-state index contributed by atoms with van der Waals surface area (Å²) in [5.74, 6) is -2.34. The molecule has 2 saturated carbocycles. The lowest BCUT2D eigenvalue weighted by atomic mass is 9.91. The molecule has 1 heterocycles. The van der Waals surface area contributed by atoms with Gasteiger partial charge in [0.25, 0.3) is 0 Å². The first-order valence-corrected chi connectivity index (χ1v) is 13.8. The molecule has 0 unspecified atom stereocenters. The number of fused-ring (bicyclic) bond motifs is 1. The van der Waals surface area contributed by atoms with Gasteiger partial charge in [-0.15, -0.1) is 0 Å². The predicted molar refractivity (Wildman–Crippen MR) is 140 cm³/mol. The molecule has 0 aromatic heterocycles. The van der Waals surface area contributed by atoms with E-state index in [1.165, 1.54) is 6.92 Å². The van der Waals surface area contributed by atoms with E-state index in [2.05, 4.69) is 10.6 Å². The average Bonchev–Trinajstić information content (AvgIpc) is 3.74. The van der Waals surface area contributed by atoms with Gasteiger partial charge in [0.2, 0.25) is 17.7 Å². The summed E-state index contributed by atoms with van der Waals surface area (Å²) < 4.78 is 33.7. The van der Waals surface area contributed by atoms with Gasteiger partial charge in [-0.3, -0.25) is 14.4 Å². The quantitative estimate of drug-likeness (QED) is 0.534. The fourth-order valence-corrected chi connectivity index (χ4v) is 5.72. The Balaban J connectivity index is 1.34. The normalized spacial score (nSPS) is 25.8. The largest absolute Gasteiger partial charge is 0.365 e. The van der Waals surface area contributed by atoms with Gasteiger partial charge in [0.15, 0.2) is 0 Å². The summed E-state index contributed by atoms with van der Waals surface area (Å²) in [5, 5.41) is 5.47. The van der Waals surface area contributed by atoms with Gasteiger partial charge in [-0.1, -0.05) is 43.2 Å². The minimum Gasteiger partial charge on any atom is -0.365 e. The van der Waals surface area contributed by atoms with Crippen LogP contribution < -0.4 is 10.6 Å². The molecule has 9 heteroatoms. The van der Waals surface area contributed by atoms with E-state index in [4.69, 9.17) is 4.74 Å². The second kappa shape index (κ2) is 11.8. The number of nitrogens with one attached hydrogen (secondary N) is 2. The van der Waals surface area contributed by atoms with Gasteiger partial charge in [0.1, 0.15) is 29.8 Å². The third-order valence-corrected chi connectivity index (χ3v) is 7.88. The van der Waals surface area contributed by atoms with Crippen LogP contribution in [-0.4, -0.2) is 53.4 Å². The molecule has 2 aromatic rings. The van der Waals surface area contributed by atoms with Crippen LogP contribution in [0.5, 0.6) is 0 Å². The Bertz CT molecular complexity index is 1190. The van der Waals surface area contributed by atoms with Gasteiger partial charge >= 0.3 is 0 Å². The molecule has 0 radical (unpaired) electrons. The van der Waals surface area contributed by atoms with E-state index in [1.807, 2.05) is 35.2 Å². The van der Waals surface area contributed by atoms with Gasteiger partial charge in [-0.05, 0) is 61.8 Å². The van der Waals surface area contributed by atoms with Crippen molar-refractivity contribution >= 4 is 17.7 Å². The number of amides is 3. The van der Waals surface area contributed by atoms with Crippen LogP contribution >= 0.6 is 0 Å². The molecule has 1 saturated heterocycles. The monoisotopic (exact) mass is 539 g/mol. The van der Waals surface area contributed by atoms with Gasteiger partial charge in [-0.25, -0.2) is 8.78 Å². The second-order valence-electron chi connectivity index (χ2n) is 11.0. The number of rotatable bonds is 8. The lowest BCUT2D eigenvalue weighted by Gasteiger charge is -2.38. The molecular weight excluding hydrogens is 504 g/mol. The molecule has 39 heavy (non-hydrogen) atoms. The molecule has 3 fully saturated rings. The molecule has 5 rings (SSSR count). The highest BCUT2D eigenvalue weighted by Crippen LogP contribution is 2.39. The van der Waals surface area contributed by atoms with Crippen molar-refractivity contribution in [2.45, 2.75) is 82.2 Å². The maximum Gasteiger partial charge on any atom is 0.248 e. The fraction of sp³-hybridized carbons (Fsp3) is 0.500. The van der Waals surface area contributed by atoms with Crippen LogP contribution in [0.3, 0.4) is 0 Å². The first-order chi connectivity index (χ1) is 18.8. The Morgan fingerprint density at radius 1 is 1.03 bits per heavy atom. The topological polar surface area (TPSA) is 87.7 Å². The molecule has 0 spiro atoms. The standard InChI is InChI=1S/C30H35F2N3O4/c1-18(33-26(36)15-20-13-22(31)16-23(32)14-20)29(37)34-27-28(21-7-3-2-4-8-21)39-25-10-6-5-9-24(25)35(30(27)38)17-19-11-12-19/h2-4,7-8,13-14,16,18-19,24-25,27-28H,5-6,9-12,15,17H2,1H3,(H,33,36)(H,34,37)/t18-,24-,25-,27+,28+/m0/s1. The van der Waals surface area contributed by atoms with E-state index in [0.29, 0.717) is 12.5 Å². The van der Waals surface area contributed by atoms with Crippen molar-refractivity contribution in [2.24, 2.45) is 5.92 Å². The van der Waals surface area contributed by atoms with Crippen LogP contribution in [0.1, 0.15) is 62.7 Å². The van der Waals surface area contributed by atoms with Crippen molar-refractivity contribution in [3.63, 3.8) is 0 Å². The minimum absolute atomic E-state index is 0.0243. The number of carbonyl (C=O) groups is 3. The molecule has 2 aromatic carbocycles. The van der Waals surface area contributed by atoms with Crippen molar-refractivity contribution in [1.82, 2.24) is 15.5 Å². The molecule has 0 bridgehead atoms. The zero-order valence-electron chi connectivity index (χ0n) is 22.1. The zero-order valence-corrected chi connectivity index (χ0v) is 22.1. The number of halogens is 2.